The van der Waals surface area contributed by atoms with Gasteiger partial charge >= 0.3 is 0 Å². The maximum Gasteiger partial charge on any atom is 0.117 e. The highest BCUT2D eigenvalue weighted by atomic mass is 32.2. The summed E-state index contributed by atoms with van der Waals surface area (Å²) in [6, 6.07) is 0. The van der Waals surface area contributed by atoms with Gasteiger partial charge in [0.25, 0.3) is 0 Å². The zero-order valence-electron chi connectivity index (χ0n) is 4.95. The molecule has 0 radical (unpaired) electrons. The molecule has 1 heterocycles. The smallest absolute Gasteiger partial charge is 0.117 e. The molecule has 0 bridgehead atoms. The lowest BCUT2D eigenvalue weighted by atomic mass is 10.1. The molecule has 1 rings (SSSR count). The fraction of sp³-hybridized carbons (Fsp3) is 0.800. The molecule has 1 aliphatic heterocycles. The number of aliphatic hydroxyl groups excluding tert-OH is 2. The molecule has 0 saturated heterocycles. The topological polar surface area (TPSA) is 52.8 Å². The second-order valence-corrected chi connectivity index (χ2v) is 2.92. The van der Waals surface area contributed by atoms with Crippen LogP contribution in [0.25, 0.3) is 0 Å². The summed E-state index contributed by atoms with van der Waals surface area (Å²) < 4.78 is 0. The van der Waals surface area contributed by atoms with E-state index in [1.54, 1.807) is 5.55 Å². The number of nitrogens with zero attached hydrogens (tertiary/aromatic N) is 1. The summed E-state index contributed by atoms with van der Waals surface area (Å²) in [5.41, 5.74) is 1.09. The van der Waals surface area contributed by atoms with Gasteiger partial charge in [-0.25, -0.2) is 0 Å². The molecule has 9 heavy (non-hydrogen) atoms. The molecular formula is C5H9NO2S. The van der Waals surface area contributed by atoms with Crippen LogP contribution in [0, 0.1) is 0 Å². The van der Waals surface area contributed by atoms with Gasteiger partial charge in [-0.15, -0.1) is 11.8 Å². The van der Waals surface area contributed by atoms with E-state index in [-0.39, 0.29) is 13.2 Å². The van der Waals surface area contributed by atoms with Crippen LogP contribution in [0.4, 0.5) is 0 Å². The zero-order chi connectivity index (χ0) is 6.74. The van der Waals surface area contributed by atoms with E-state index >= 15 is 0 Å². The molecule has 0 aromatic rings. The Balaban J connectivity index is 2.57. The van der Waals surface area contributed by atoms with Crippen molar-refractivity contribution >= 4 is 17.3 Å². The van der Waals surface area contributed by atoms with E-state index in [4.69, 9.17) is 10.2 Å². The predicted octanol–water partition coefficient (Wildman–Crippen LogP) is -0.515. The van der Waals surface area contributed by atoms with Gasteiger partial charge in [-0.3, -0.25) is 4.99 Å². The first-order valence-corrected chi connectivity index (χ1v) is 3.75. The van der Waals surface area contributed by atoms with Crippen LogP contribution in [0.15, 0.2) is 4.99 Å². The van der Waals surface area contributed by atoms with Crippen LogP contribution < -0.4 is 0 Å². The fourth-order valence-electron chi connectivity index (χ4n) is 0.602. The van der Waals surface area contributed by atoms with Crippen molar-refractivity contribution in [2.24, 2.45) is 4.99 Å². The zero-order valence-corrected chi connectivity index (χ0v) is 5.77. The summed E-state index contributed by atoms with van der Waals surface area (Å²) in [4.78, 5) is 3.94. The Bertz CT molecular complexity index is 122. The van der Waals surface area contributed by atoms with Crippen LogP contribution in [0.3, 0.4) is 0 Å². The third-order valence-corrected chi connectivity index (χ3v) is 2.30. The quantitative estimate of drug-likeness (QED) is 0.553. The molecule has 0 aromatic heterocycles. The van der Waals surface area contributed by atoms with Gasteiger partial charge in [0.05, 0.1) is 18.8 Å². The van der Waals surface area contributed by atoms with Gasteiger partial charge in [0.1, 0.15) is 5.54 Å². The van der Waals surface area contributed by atoms with Gasteiger partial charge in [-0.2, -0.15) is 0 Å². The first-order chi connectivity index (χ1) is 4.33. The van der Waals surface area contributed by atoms with E-state index in [0.717, 1.165) is 0 Å². The van der Waals surface area contributed by atoms with Crippen LogP contribution >= 0.6 is 11.8 Å². The van der Waals surface area contributed by atoms with E-state index in [1.807, 2.05) is 0 Å². The van der Waals surface area contributed by atoms with Crippen molar-refractivity contribution < 1.29 is 10.2 Å². The maximum atomic E-state index is 8.73. The largest absolute Gasteiger partial charge is 0.394 e. The molecule has 0 amide bonds. The summed E-state index contributed by atoms with van der Waals surface area (Å²) in [5, 5.41) is 17.5. The van der Waals surface area contributed by atoms with Crippen molar-refractivity contribution in [1.29, 1.82) is 0 Å². The first-order valence-electron chi connectivity index (χ1n) is 2.70. The Morgan fingerprint density at radius 1 is 1.56 bits per heavy atom. The minimum absolute atomic E-state index is 0.0625. The third kappa shape index (κ3) is 1.26. The summed E-state index contributed by atoms with van der Waals surface area (Å²) in [7, 11) is 0. The lowest BCUT2D eigenvalue weighted by Crippen LogP contribution is -2.35. The van der Waals surface area contributed by atoms with Gasteiger partial charge in [0.2, 0.25) is 0 Å². The average molecular weight is 147 g/mol. The van der Waals surface area contributed by atoms with Crippen LogP contribution in [0.5, 0.6) is 0 Å². The molecule has 2 N–H and O–H groups in total. The Labute approximate surface area is 57.8 Å². The number of aliphatic hydroxyl groups is 2. The second-order valence-electron chi connectivity index (χ2n) is 2.09. The lowest BCUT2D eigenvalue weighted by molar-refractivity contribution is 0.140. The predicted molar refractivity (Wildman–Crippen MR) is 37.9 cm³/mol. The highest BCUT2D eigenvalue weighted by Gasteiger charge is 2.30. The molecule has 0 unspecified atom stereocenters. The van der Waals surface area contributed by atoms with Crippen molar-refractivity contribution in [3.05, 3.63) is 0 Å². The van der Waals surface area contributed by atoms with Crippen molar-refractivity contribution in [2.45, 2.75) is 5.54 Å². The summed E-state index contributed by atoms with van der Waals surface area (Å²) in [6.07, 6.45) is 0. The van der Waals surface area contributed by atoms with E-state index in [2.05, 4.69) is 4.99 Å². The Hall–Kier alpha value is -0.0600. The molecule has 0 saturated carbocycles. The fourth-order valence-corrected chi connectivity index (χ4v) is 1.54. The molecule has 1 aliphatic rings. The summed E-state index contributed by atoms with van der Waals surface area (Å²) >= 11 is 1.52. The highest BCUT2D eigenvalue weighted by molar-refractivity contribution is 8.12. The standard InChI is InChI=1S/C5H9NO2S/c7-1-5(2-8)3-9-4-6-5/h4,7-8H,1-3H2. The average Bonchev–Trinajstić information content (AvgIpc) is 2.36. The lowest BCUT2D eigenvalue weighted by Gasteiger charge is -2.18. The van der Waals surface area contributed by atoms with Crippen molar-refractivity contribution in [2.75, 3.05) is 19.0 Å². The number of hydrogen-bond acceptors (Lipinski definition) is 4. The molecule has 52 valence electrons. The van der Waals surface area contributed by atoms with Gasteiger partial charge < -0.3 is 10.2 Å². The molecule has 3 nitrogen and oxygen atoms in total. The van der Waals surface area contributed by atoms with Crippen molar-refractivity contribution in [3.63, 3.8) is 0 Å². The Morgan fingerprint density at radius 3 is 2.44 bits per heavy atom. The number of hydrogen-bond donors (Lipinski definition) is 2. The van der Waals surface area contributed by atoms with Crippen LogP contribution in [0.2, 0.25) is 0 Å². The van der Waals surface area contributed by atoms with Gasteiger partial charge in [0, 0.05) is 5.75 Å². The second kappa shape index (κ2) is 2.68. The number of aliphatic imine (C=N–C) groups is 1. The maximum absolute atomic E-state index is 8.73. The van der Waals surface area contributed by atoms with Gasteiger partial charge in [-0.1, -0.05) is 0 Å². The van der Waals surface area contributed by atoms with E-state index in [9.17, 15) is 0 Å². The first kappa shape index (κ1) is 7.05. The van der Waals surface area contributed by atoms with Crippen LogP contribution in [0.1, 0.15) is 0 Å². The normalized spacial score (nSPS) is 22.9. The molecule has 0 spiro atoms. The Kier molecular flexibility index (Phi) is 2.10. The molecule has 4 heteroatoms. The SMILES string of the molecule is OCC1(CO)CSC=N1. The van der Waals surface area contributed by atoms with Crippen molar-refractivity contribution in [1.82, 2.24) is 0 Å². The highest BCUT2D eigenvalue weighted by Crippen LogP contribution is 2.22. The number of thioether (sulfide) groups is 1. The van der Waals surface area contributed by atoms with Crippen LogP contribution in [-0.4, -0.2) is 40.3 Å². The number of rotatable bonds is 2. The minimum atomic E-state index is -0.579. The molecule has 0 aliphatic carbocycles. The molecule has 0 atom stereocenters. The van der Waals surface area contributed by atoms with E-state index in [1.165, 1.54) is 11.8 Å². The van der Waals surface area contributed by atoms with E-state index in [0.29, 0.717) is 5.75 Å². The van der Waals surface area contributed by atoms with Gasteiger partial charge in [0.15, 0.2) is 0 Å². The molecule has 0 aromatic carbocycles. The minimum Gasteiger partial charge on any atom is -0.394 e. The molecule has 0 fully saturated rings. The monoisotopic (exact) mass is 147 g/mol. The Morgan fingerprint density at radius 2 is 2.22 bits per heavy atom. The third-order valence-electron chi connectivity index (χ3n) is 1.34. The molecular weight excluding hydrogens is 138 g/mol. The van der Waals surface area contributed by atoms with E-state index < -0.39 is 5.54 Å². The van der Waals surface area contributed by atoms with Crippen LogP contribution in [-0.2, 0) is 0 Å². The van der Waals surface area contributed by atoms with Gasteiger partial charge in [-0.05, 0) is 0 Å². The van der Waals surface area contributed by atoms with Crippen molar-refractivity contribution in [3.8, 4) is 0 Å². The summed E-state index contributed by atoms with van der Waals surface area (Å²) in [5.74, 6) is 0.694. The summed E-state index contributed by atoms with van der Waals surface area (Å²) in [6.45, 7) is -0.125.